The highest BCUT2D eigenvalue weighted by atomic mass is 79.9. The summed E-state index contributed by atoms with van der Waals surface area (Å²) in [6.07, 6.45) is 3.23. The number of fused-ring (bicyclic) bond motifs is 1. The lowest BCUT2D eigenvalue weighted by Crippen LogP contribution is -2.18. The van der Waals surface area contributed by atoms with Crippen molar-refractivity contribution in [2.45, 2.75) is 38.8 Å². The molecule has 4 nitrogen and oxygen atoms in total. The van der Waals surface area contributed by atoms with Gasteiger partial charge in [0.2, 0.25) is 0 Å². The second-order valence-electron chi connectivity index (χ2n) is 5.58. The molecule has 1 aromatic heterocycles. The van der Waals surface area contributed by atoms with Crippen molar-refractivity contribution in [1.29, 1.82) is 0 Å². The van der Waals surface area contributed by atoms with Gasteiger partial charge in [-0.1, -0.05) is 12.1 Å². The topological polar surface area (TPSA) is 53.1 Å². The summed E-state index contributed by atoms with van der Waals surface area (Å²) in [5.74, 6) is 0.952. The first-order valence-electron chi connectivity index (χ1n) is 7.26. The Kier molecular flexibility index (Phi) is 4.04. The SMILES string of the molecule is Cc1nn(C)c(COc2cccc3c2CCCC3N)c1Br. The van der Waals surface area contributed by atoms with E-state index in [1.54, 1.807) is 0 Å². The van der Waals surface area contributed by atoms with Gasteiger partial charge in [-0.2, -0.15) is 5.10 Å². The Morgan fingerprint density at radius 3 is 3.00 bits per heavy atom. The molecule has 1 unspecified atom stereocenters. The number of halogens is 1. The molecule has 1 aliphatic carbocycles. The number of ether oxygens (including phenoxy) is 1. The summed E-state index contributed by atoms with van der Waals surface area (Å²) >= 11 is 3.58. The van der Waals surface area contributed by atoms with Crippen LogP contribution in [0.15, 0.2) is 22.7 Å². The highest BCUT2D eigenvalue weighted by Crippen LogP contribution is 2.34. The molecule has 1 aromatic carbocycles. The third kappa shape index (κ3) is 2.72. The lowest BCUT2D eigenvalue weighted by atomic mass is 9.87. The molecule has 2 N–H and O–H groups in total. The summed E-state index contributed by atoms with van der Waals surface area (Å²) in [5.41, 5.74) is 10.7. The maximum Gasteiger partial charge on any atom is 0.131 e. The van der Waals surface area contributed by atoms with E-state index >= 15 is 0 Å². The van der Waals surface area contributed by atoms with E-state index in [9.17, 15) is 0 Å². The summed E-state index contributed by atoms with van der Waals surface area (Å²) in [5, 5.41) is 4.39. The molecular formula is C16H20BrN3O. The van der Waals surface area contributed by atoms with Crippen molar-refractivity contribution < 1.29 is 4.74 Å². The number of nitrogens with two attached hydrogens (primary N) is 1. The predicted octanol–water partition coefficient (Wildman–Crippen LogP) is 3.41. The van der Waals surface area contributed by atoms with E-state index in [1.165, 1.54) is 11.1 Å². The van der Waals surface area contributed by atoms with E-state index in [2.05, 4.69) is 27.1 Å². The summed E-state index contributed by atoms with van der Waals surface area (Å²) in [4.78, 5) is 0. The first-order chi connectivity index (χ1) is 10.1. The van der Waals surface area contributed by atoms with Gasteiger partial charge < -0.3 is 10.5 Å². The molecule has 0 saturated carbocycles. The summed E-state index contributed by atoms with van der Waals surface area (Å²) < 4.78 is 8.95. The Bertz CT molecular complexity index is 666. The Morgan fingerprint density at radius 1 is 1.48 bits per heavy atom. The van der Waals surface area contributed by atoms with Gasteiger partial charge in [0.25, 0.3) is 0 Å². The number of rotatable bonds is 3. The molecule has 0 spiro atoms. The van der Waals surface area contributed by atoms with Crippen molar-refractivity contribution in [3.8, 4) is 5.75 Å². The molecule has 0 saturated heterocycles. The Labute approximate surface area is 133 Å². The van der Waals surface area contributed by atoms with E-state index in [-0.39, 0.29) is 6.04 Å². The monoisotopic (exact) mass is 349 g/mol. The molecule has 0 bridgehead atoms. The molecule has 0 amide bonds. The van der Waals surface area contributed by atoms with Crippen LogP contribution in [-0.4, -0.2) is 9.78 Å². The van der Waals surface area contributed by atoms with Crippen molar-refractivity contribution in [1.82, 2.24) is 9.78 Å². The average Bonchev–Trinajstić information content (AvgIpc) is 2.71. The number of aromatic nitrogens is 2. The fourth-order valence-corrected chi connectivity index (χ4v) is 3.42. The van der Waals surface area contributed by atoms with Crippen LogP contribution in [-0.2, 0) is 20.1 Å². The fourth-order valence-electron chi connectivity index (χ4n) is 2.97. The van der Waals surface area contributed by atoms with E-state index in [0.717, 1.165) is 40.9 Å². The molecule has 1 atom stereocenters. The lowest BCUT2D eigenvalue weighted by Gasteiger charge is -2.24. The maximum absolute atomic E-state index is 6.20. The average molecular weight is 350 g/mol. The highest BCUT2D eigenvalue weighted by Gasteiger charge is 2.20. The Balaban J connectivity index is 1.84. The van der Waals surface area contributed by atoms with Crippen LogP contribution in [0.3, 0.4) is 0 Å². The molecule has 1 aliphatic rings. The minimum Gasteiger partial charge on any atom is -0.487 e. The number of benzene rings is 1. The first kappa shape index (κ1) is 14.6. The summed E-state index contributed by atoms with van der Waals surface area (Å²) in [6.45, 7) is 2.49. The standard InChI is InChI=1S/C16H20BrN3O/c1-10-16(17)14(20(2)19-10)9-21-15-8-4-5-11-12(15)6-3-7-13(11)18/h4-5,8,13H,3,6-7,9,18H2,1-2H3. The maximum atomic E-state index is 6.20. The van der Waals surface area contributed by atoms with Crippen molar-refractivity contribution in [2.75, 3.05) is 0 Å². The van der Waals surface area contributed by atoms with Gasteiger partial charge >= 0.3 is 0 Å². The molecular weight excluding hydrogens is 330 g/mol. The van der Waals surface area contributed by atoms with Crippen molar-refractivity contribution >= 4 is 15.9 Å². The van der Waals surface area contributed by atoms with Crippen LogP contribution in [0.4, 0.5) is 0 Å². The van der Waals surface area contributed by atoms with Crippen LogP contribution in [0.25, 0.3) is 0 Å². The molecule has 2 aromatic rings. The van der Waals surface area contributed by atoms with Gasteiger partial charge in [-0.15, -0.1) is 0 Å². The van der Waals surface area contributed by atoms with Gasteiger partial charge in [-0.3, -0.25) is 4.68 Å². The zero-order chi connectivity index (χ0) is 15.0. The van der Waals surface area contributed by atoms with Crippen LogP contribution in [0.5, 0.6) is 5.75 Å². The Hall–Kier alpha value is -1.33. The van der Waals surface area contributed by atoms with E-state index in [1.807, 2.05) is 30.8 Å². The second-order valence-corrected chi connectivity index (χ2v) is 6.37. The second kappa shape index (κ2) is 5.81. The van der Waals surface area contributed by atoms with E-state index in [0.29, 0.717) is 6.61 Å². The van der Waals surface area contributed by atoms with Gasteiger partial charge in [0, 0.05) is 13.1 Å². The Morgan fingerprint density at radius 2 is 2.29 bits per heavy atom. The van der Waals surface area contributed by atoms with Gasteiger partial charge in [0.1, 0.15) is 12.4 Å². The minimum atomic E-state index is 0.142. The molecule has 1 heterocycles. The van der Waals surface area contributed by atoms with Gasteiger partial charge in [-0.25, -0.2) is 0 Å². The predicted molar refractivity (Wildman–Crippen MR) is 86.3 cm³/mol. The van der Waals surface area contributed by atoms with E-state index < -0.39 is 0 Å². The fraction of sp³-hybridized carbons (Fsp3) is 0.438. The number of nitrogens with zero attached hydrogens (tertiary/aromatic N) is 2. The quantitative estimate of drug-likeness (QED) is 0.923. The van der Waals surface area contributed by atoms with Gasteiger partial charge in [0.05, 0.1) is 15.9 Å². The normalized spacial score (nSPS) is 17.6. The number of hydrogen-bond acceptors (Lipinski definition) is 3. The third-order valence-corrected chi connectivity index (χ3v) is 5.17. The van der Waals surface area contributed by atoms with Gasteiger partial charge in [0.15, 0.2) is 0 Å². The van der Waals surface area contributed by atoms with Crippen LogP contribution < -0.4 is 10.5 Å². The molecule has 5 heteroatoms. The highest BCUT2D eigenvalue weighted by molar-refractivity contribution is 9.10. The lowest BCUT2D eigenvalue weighted by molar-refractivity contribution is 0.289. The zero-order valence-electron chi connectivity index (χ0n) is 12.4. The largest absolute Gasteiger partial charge is 0.487 e. The van der Waals surface area contributed by atoms with Crippen molar-refractivity contribution in [3.05, 3.63) is 45.2 Å². The van der Waals surface area contributed by atoms with Crippen LogP contribution in [0.1, 0.15) is 41.4 Å². The van der Waals surface area contributed by atoms with Crippen LogP contribution in [0, 0.1) is 6.92 Å². The van der Waals surface area contributed by atoms with Gasteiger partial charge in [-0.05, 0) is 59.3 Å². The van der Waals surface area contributed by atoms with Crippen LogP contribution in [0.2, 0.25) is 0 Å². The summed E-state index contributed by atoms with van der Waals surface area (Å²) in [6, 6.07) is 6.33. The molecule has 0 fully saturated rings. The van der Waals surface area contributed by atoms with E-state index in [4.69, 9.17) is 10.5 Å². The molecule has 112 valence electrons. The zero-order valence-corrected chi connectivity index (χ0v) is 14.0. The minimum absolute atomic E-state index is 0.142. The van der Waals surface area contributed by atoms with Crippen LogP contribution >= 0.6 is 15.9 Å². The third-order valence-electron chi connectivity index (χ3n) is 4.14. The van der Waals surface area contributed by atoms with Crippen molar-refractivity contribution in [2.24, 2.45) is 12.8 Å². The number of hydrogen-bond donors (Lipinski definition) is 1. The molecule has 3 rings (SSSR count). The molecule has 21 heavy (non-hydrogen) atoms. The number of aryl methyl sites for hydroxylation is 2. The first-order valence-corrected chi connectivity index (χ1v) is 8.05. The van der Waals surface area contributed by atoms with Crippen molar-refractivity contribution in [3.63, 3.8) is 0 Å². The summed E-state index contributed by atoms with van der Waals surface area (Å²) in [7, 11) is 1.94. The smallest absolute Gasteiger partial charge is 0.131 e. The molecule has 0 radical (unpaired) electrons. The molecule has 0 aliphatic heterocycles.